The first-order chi connectivity index (χ1) is 9.10. The molecule has 0 fully saturated rings. The zero-order chi connectivity index (χ0) is 13.8. The van der Waals surface area contributed by atoms with Crippen LogP contribution in [0, 0.1) is 13.8 Å². The summed E-state index contributed by atoms with van der Waals surface area (Å²) in [6.07, 6.45) is 1.82. The Kier molecular flexibility index (Phi) is 4.11. The molecule has 0 radical (unpaired) electrons. The Morgan fingerprint density at radius 1 is 1.42 bits per heavy atom. The highest BCUT2D eigenvalue weighted by Gasteiger charge is 2.15. The van der Waals surface area contributed by atoms with E-state index in [9.17, 15) is 4.79 Å². The van der Waals surface area contributed by atoms with E-state index in [4.69, 9.17) is 0 Å². The third kappa shape index (κ3) is 3.29. The van der Waals surface area contributed by atoms with Gasteiger partial charge in [-0.15, -0.1) is 11.3 Å². The molecule has 0 atom stereocenters. The Morgan fingerprint density at radius 2 is 2.21 bits per heavy atom. The summed E-state index contributed by atoms with van der Waals surface area (Å²) in [6.45, 7) is 4.42. The molecule has 0 amide bonds. The maximum Gasteiger partial charge on any atom is 0.357 e. The molecule has 0 saturated carbocycles. The first-order valence-electron chi connectivity index (χ1n) is 5.81. The smallest absolute Gasteiger partial charge is 0.357 e. The molecule has 0 aliphatic heterocycles. The lowest BCUT2D eigenvalue weighted by Gasteiger charge is -2.02. The van der Waals surface area contributed by atoms with Gasteiger partial charge in [-0.25, -0.2) is 9.78 Å². The zero-order valence-electron chi connectivity index (χ0n) is 11.1. The molecule has 6 heteroatoms. The highest BCUT2D eigenvalue weighted by molar-refractivity contribution is 7.15. The van der Waals surface area contributed by atoms with Crippen LogP contribution in [-0.2, 0) is 11.3 Å². The Morgan fingerprint density at radius 3 is 2.84 bits per heavy atom. The van der Waals surface area contributed by atoms with Crippen molar-refractivity contribution in [3.05, 3.63) is 40.2 Å². The first kappa shape index (κ1) is 13.5. The van der Waals surface area contributed by atoms with Crippen molar-refractivity contribution < 1.29 is 9.53 Å². The minimum Gasteiger partial charge on any atom is -0.464 e. The van der Waals surface area contributed by atoms with E-state index in [0.717, 1.165) is 16.1 Å². The number of rotatable bonds is 4. The lowest BCUT2D eigenvalue weighted by Crippen LogP contribution is -2.04. The SMILES string of the molecule is COC(=O)c1nc(NCc2ccc(C)nc2)sc1C. The highest BCUT2D eigenvalue weighted by Crippen LogP contribution is 2.23. The van der Waals surface area contributed by atoms with Crippen molar-refractivity contribution >= 4 is 22.4 Å². The number of anilines is 1. The maximum atomic E-state index is 11.4. The summed E-state index contributed by atoms with van der Waals surface area (Å²) in [5.41, 5.74) is 2.43. The molecule has 1 N–H and O–H groups in total. The molecular weight excluding hydrogens is 262 g/mol. The van der Waals surface area contributed by atoms with E-state index in [2.05, 4.69) is 20.0 Å². The van der Waals surface area contributed by atoms with Crippen LogP contribution in [0.5, 0.6) is 0 Å². The van der Waals surface area contributed by atoms with Crippen LogP contribution in [0.25, 0.3) is 0 Å². The van der Waals surface area contributed by atoms with Gasteiger partial charge < -0.3 is 10.1 Å². The number of hydrogen-bond donors (Lipinski definition) is 1. The molecule has 2 heterocycles. The highest BCUT2D eigenvalue weighted by atomic mass is 32.1. The van der Waals surface area contributed by atoms with E-state index in [1.54, 1.807) is 0 Å². The van der Waals surface area contributed by atoms with Crippen LogP contribution in [0.4, 0.5) is 5.13 Å². The van der Waals surface area contributed by atoms with Crippen molar-refractivity contribution in [3.63, 3.8) is 0 Å². The Hall–Kier alpha value is -1.95. The number of esters is 1. The molecule has 0 unspecified atom stereocenters. The molecule has 0 aliphatic carbocycles. The number of aromatic nitrogens is 2. The van der Waals surface area contributed by atoms with Crippen LogP contribution in [0.2, 0.25) is 0 Å². The normalized spacial score (nSPS) is 10.3. The molecule has 0 spiro atoms. The Bertz CT molecular complexity index is 578. The van der Waals surface area contributed by atoms with Gasteiger partial charge in [-0.05, 0) is 25.5 Å². The van der Waals surface area contributed by atoms with Crippen LogP contribution in [0.3, 0.4) is 0 Å². The largest absolute Gasteiger partial charge is 0.464 e. The van der Waals surface area contributed by atoms with Gasteiger partial charge in [0.05, 0.1) is 7.11 Å². The fourth-order valence-electron chi connectivity index (χ4n) is 1.54. The summed E-state index contributed by atoms with van der Waals surface area (Å²) >= 11 is 1.44. The van der Waals surface area contributed by atoms with Gasteiger partial charge in [0, 0.05) is 23.3 Å². The maximum absolute atomic E-state index is 11.4. The zero-order valence-corrected chi connectivity index (χ0v) is 11.9. The molecule has 2 aromatic rings. The lowest BCUT2D eigenvalue weighted by atomic mass is 10.2. The number of carbonyl (C=O) groups is 1. The van der Waals surface area contributed by atoms with Gasteiger partial charge in [-0.3, -0.25) is 4.98 Å². The van der Waals surface area contributed by atoms with E-state index in [1.807, 2.05) is 32.2 Å². The van der Waals surface area contributed by atoms with Gasteiger partial charge in [0.25, 0.3) is 0 Å². The molecule has 0 bridgehead atoms. The number of pyridine rings is 1. The van der Waals surface area contributed by atoms with Crippen LogP contribution in [0.1, 0.15) is 26.6 Å². The predicted octanol–water partition coefficient (Wildman–Crippen LogP) is 2.55. The number of aryl methyl sites for hydroxylation is 2. The van der Waals surface area contributed by atoms with Gasteiger partial charge in [-0.2, -0.15) is 0 Å². The molecule has 5 nitrogen and oxygen atoms in total. The molecular formula is C13H15N3O2S. The summed E-state index contributed by atoms with van der Waals surface area (Å²) in [4.78, 5) is 20.7. The number of hydrogen-bond acceptors (Lipinski definition) is 6. The van der Waals surface area contributed by atoms with Gasteiger partial charge in [-0.1, -0.05) is 6.07 Å². The third-order valence-corrected chi connectivity index (χ3v) is 3.52. The van der Waals surface area contributed by atoms with Crippen LogP contribution >= 0.6 is 11.3 Å². The second-order valence-electron chi connectivity index (χ2n) is 4.08. The summed E-state index contributed by atoms with van der Waals surface area (Å²) in [5.74, 6) is -0.404. The number of nitrogens with one attached hydrogen (secondary N) is 1. The molecule has 0 aliphatic rings. The number of methoxy groups -OCH3 is 1. The number of ether oxygens (including phenoxy) is 1. The summed E-state index contributed by atoms with van der Waals surface area (Å²) in [7, 11) is 1.35. The van der Waals surface area contributed by atoms with Crippen LogP contribution in [0.15, 0.2) is 18.3 Å². The van der Waals surface area contributed by atoms with E-state index in [0.29, 0.717) is 17.4 Å². The fourth-order valence-corrected chi connectivity index (χ4v) is 2.34. The quantitative estimate of drug-likeness (QED) is 0.870. The van der Waals surface area contributed by atoms with Crippen molar-refractivity contribution in [3.8, 4) is 0 Å². The minimum atomic E-state index is -0.404. The van der Waals surface area contributed by atoms with Crippen molar-refractivity contribution in [2.24, 2.45) is 0 Å². The average Bonchev–Trinajstić information content (AvgIpc) is 2.78. The minimum absolute atomic E-state index is 0.372. The summed E-state index contributed by atoms with van der Waals surface area (Å²) in [6, 6.07) is 3.97. The standard InChI is InChI=1S/C13H15N3O2S/c1-8-4-5-10(6-14-8)7-15-13-16-11(9(2)19-13)12(17)18-3/h4-6H,7H2,1-3H3,(H,15,16). The number of nitrogens with zero attached hydrogens (tertiary/aromatic N) is 2. The second-order valence-corrected chi connectivity index (χ2v) is 5.28. The van der Waals surface area contributed by atoms with E-state index < -0.39 is 5.97 Å². The number of carbonyl (C=O) groups excluding carboxylic acids is 1. The van der Waals surface area contributed by atoms with Gasteiger partial charge >= 0.3 is 5.97 Å². The van der Waals surface area contributed by atoms with Crippen LogP contribution < -0.4 is 5.32 Å². The topological polar surface area (TPSA) is 64.1 Å². The molecule has 2 rings (SSSR count). The lowest BCUT2D eigenvalue weighted by molar-refractivity contribution is 0.0594. The first-order valence-corrected chi connectivity index (χ1v) is 6.63. The van der Waals surface area contributed by atoms with Crippen molar-refractivity contribution in [2.75, 3.05) is 12.4 Å². The predicted molar refractivity (Wildman–Crippen MR) is 74.5 cm³/mol. The van der Waals surface area contributed by atoms with Crippen molar-refractivity contribution in [1.82, 2.24) is 9.97 Å². The van der Waals surface area contributed by atoms with Crippen molar-refractivity contribution in [1.29, 1.82) is 0 Å². The van der Waals surface area contributed by atoms with Crippen LogP contribution in [-0.4, -0.2) is 23.0 Å². The van der Waals surface area contributed by atoms with Crippen molar-refractivity contribution in [2.45, 2.75) is 20.4 Å². The molecule has 0 aromatic carbocycles. The third-order valence-electron chi connectivity index (χ3n) is 2.59. The summed E-state index contributed by atoms with van der Waals surface area (Å²) < 4.78 is 4.67. The Balaban J connectivity index is 2.04. The Labute approximate surface area is 115 Å². The van der Waals surface area contributed by atoms with E-state index in [1.165, 1.54) is 18.4 Å². The monoisotopic (exact) mass is 277 g/mol. The average molecular weight is 277 g/mol. The molecule has 19 heavy (non-hydrogen) atoms. The molecule has 2 aromatic heterocycles. The summed E-state index contributed by atoms with van der Waals surface area (Å²) in [5, 5.41) is 3.89. The van der Waals surface area contributed by atoms with Gasteiger partial charge in [0.1, 0.15) is 0 Å². The van der Waals surface area contributed by atoms with E-state index in [-0.39, 0.29) is 0 Å². The second kappa shape index (κ2) is 5.79. The van der Waals surface area contributed by atoms with E-state index >= 15 is 0 Å². The number of thiazole rings is 1. The molecule has 100 valence electrons. The van der Waals surface area contributed by atoms with Gasteiger partial charge in [0.15, 0.2) is 10.8 Å². The fraction of sp³-hybridized carbons (Fsp3) is 0.308. The molecule has 0 saturated heterocycles. The van der Waals surface area contributed by atoms with Gasteiger partial charge in [0.2, 0.25) is 0 Å².